The Bertz CT molecular complexity index is 469. The number of pyridine rings is 1. The van der Waals surface area contributed by atoms with E-state index < -0.39 is 9.84 Å². The molecule has 2 N–H and O–H groups in total. The average molecular weight is 256 g/mol. The van der Waals surface area contributed by atoms with E-state index >= 15 is 0 Å². The first-order valence-corrected chi connectivity index (χ1v) is 7.44. The molecule has 1 unspecified atom stereocenters. The van der Waals surface area contributed by atoms with E-state index in [1.165, 1.54) is 0 Å². The highest BCUT2D eigenvalue weighted by Crippen LogP contribution is 2.18. The van der Waals surface area contributed by atoms with Gasteiger partial charge in [-0.05, 0) is 24.5 Å². The third kappa shape index (κ3) is 3.51. The summed E-state index contributed by atoms with van der Waals surface area (Å²) in [6, 6.07) is 3.52. The predicted molar refractivity (Wildman–Crippen MR) is 69.1 cm³/mol. The van der Waals surface area contributed by atoms with Crippen LogP contribution in [0.15, 0.2) is 18.3 Å². The van der Waals surface area contributed by atoms with Gasteiger partial charge in [0.1, 0.15) is 0 Å². The second kappa shape index (κ2) is 5.60. The fourth-order valence-electron chi connectivity index (χ4n) is 1.55. The maximum atomic E-state index is 12.1. The van der Waals surface area contributed by atoms with Crippen molar-refractivity contribution in [3.8, 4) is 0 Å². The molecule has 0 amide bonds. The molecule has 0 aromatic carbocycles. The summed E-state index contributed by atoms with van der Waals surface area (Å²) in [5.41, 5.74) is 6.92. The van der Waals surface area contributed by atoms with Crippen LogP contribution in [0.1, 0.15) is 32.0 Å². The minimum atomic E-state index is -3.14. The minimum Gasteiger partial charge on any atom is -0.325 e. The molecule has 0 saturated heterocycles. The molecule has 0 aliphatic carbocycles. The van der Waals surface area contributed by atoms with Crippen LogP contribution in [0.5, 0.6) is 0 Å². The van der Waals surface area contributed by atoms with Gasteiger partial charge in [-0.2, -0.15) is 0 Å². The van der Waals surface area contributed by atoms with Crippen molar-refractivity contribution in [1.29, 1.82) is 0 Å². The van der Waals surface area contributed by atoms with Crippen molar-refractivity contribution in [3.63, 3.8) is 0 Å². The molecule has 17 heavy (non-hydrogen) atoms. The van der Waals surface area contributed by atoms with Crippen molar-refractivity contribution in [3.05, 3.63) is 29.6 Å². The van der Waals surface area contributed by atoms with Crippen LogP contribution >= 0.6 is 0 Å². The summed E-state index contributed by atoms with van der Waals surface area (Å²) in [5.74, 6) is 0.130. The van der Waals surface area contributed by atoms with E-state index in [1.807, 2.05) is 13.8 Å². The van der Waals surface area contributed by atoms with Crippen LogP contribution in [0.25, 0.3) is 0 Å². The smallest absolute Gasteiger partial charge is 0.157 e. The predicted octanol–water partition coefficient (Wildman–Crippen LogP) is 1.50. The normalized spacial score (nSPS) is 13.9. The van der Waals surface area contributed by atoms with Crippen molar-refractivity contribution < 1.29 is 8.42 Å². The lowest BCUT2D eigenvalue weighted by atomic mass is 10.2. The summed E-state index contributed by atoms with van der Waals surface area (Å²) in [4.78, 5) is 4.10. The Hall–Kier alpha value is -0.940. The van der Waals surface area contributed by atoms with Crippen molar-refractivity contribution in [1.82, 2.24) is 4.98 Å². The van der Waals surface area contributed by atoms with E-state index in [0.29, 0.717) is 11.3 Å². The molecule has 96 valence electrons. The van der Waals surface area contributed by atoms with Crippen molar-refractivity contribution >= 4 is 9.84 Å². The number of nitrogens with zero attached hydrogens (tertiary/aromatic N) is 1. The molecule has 0 radical (unpaired) electrons. The van der Waals surface area contributed by atoms with E-state index in [0.717, 1.165) is 0 Å². The lowest BCUT2D eigenvalue weighted by molar-refractivity contribution is 0.545. The Morgan fingerprint density at radius 1 is 1.35 bits per heavy atom. The van der Waals surface area contributed by atoms with Crippen LogP contribution in [0.2, 0.25) is 0 Å². The topological polar surface area (TPSA) is 73.0 Å². The van der Waals surface area contributed by atoms with Crippen LogP contribution < -0.4 is 5.73 Å². The molecule has 4 nitrogen and oxygen atoms in total. The van der Waals surface area contributed by atoms with Gasteiger partial charge in [-0.15, -0.1) is 0 Å². The Morgan fingerprint density at radius 3 is 2.53 bits per heavy atom. The maximum absolute atomic E-state index is 12.1. The first kappa shape index (κ1) is 14.1. The Kier molecular flexibility index (Phi) is 4.65. The summed E-state index contributed by atoms with van der Waals surface area (Å²) < 4.78 is 24.3. The van der Waals surface area contributed by atoms with Gasteiger partial charge in [0, 0.05) is 12.7 Å². The van der Waals surface area contributed by atoms with Crippen LogP contribution in [-0.2, 0) is 22.1 Å². The molecule has 0 spiro atoms. The number of sulfone groups is 1. The molecule has 0 aliphatic rings. The lowest BCUT2D eigenvalue weighted by Crippen LogP contribution is -2.25. The monoisotopic (exact) mass is 256 g/mol. The highest BCUT2D eigenvalue weighted by atomic mass is 32.2. The fourth-order valence-corrected chi connectivity index (χ4v) is 3.34. The SMILES string of the molecule is CC(C)C(C)S(=O)(=O)Cc1cccnc1CN. The summed E-state index contributed by atoms with van der Waals surface area (Å²) in [7, 11) is -3.14. The van der Waals surface area contributed by atoms with Gasteiger partial charge in [-0.1, -0.05) is 19.9 Å². The Labute approximate surface area is 103 Å². The molecule has 1 aromatic heterocycles. The zero-order chi connectivity index (χ0) is 13.1. The first-order chi connectivity index (χ1) is 7.88. The van der Waals surface area contributed by atoms with Gasteiger partial charge in [-0.25, -0.2) is 8.42 Å². The third-order valence-electron chi connectivity index (χ3n) is 3.04. The van der Waals surface area contributed by atoms with E-state index in [9.17, 15) is 8.42 Å². The van der Waals surface area contributed by atoms with Crippen molar-refractivity contribution in [2.24, 2.45) is 11.7 Å². The van der Waals surface area contributed by atoms with Crippen molar-refractivity contribution in [2.45, 2.75) is 38.3 Å². The number of aromatic nitrogens is 1. The molecule has 1 atom stereocenters. The van der Waals surface area contributed by atoms with Crippen LogP contribution in [-0.4, -0.2) is 18.7 Å². The van der Waals surface area contributed by atoms with Gasteiger partial charge in [0.05, 0.1) is 16.7 Å². The molecular weight excluding hydrogens is 236 g/mol. The molecule has 0 bridgehead atoms. The van der Waals surface area contributed by atoms with Crippen LogP contribution in [0.3, 0.4) is 0 Å². The molecule has 0 saturated carbocycles. The minimum absolute atomic E-state index is 0.0206. The number of hydrogen-bond donors (Lipinski definition) is 1. The van der Waals surface area contributed by atoms with Gasteiger partial charge in [0.25, 0.3) is 0 Å². The lowest BCUT2D eigenvalue weighted by Gasteiger charge is -2.17. The van der Waals surface area contributed by atoms with Gasteiger partial charge in [0.2, 0.25) is 0 Å². The molecule has 5 heteroatoms. The summed E-state index contributed by atoms with van der Waals surface area (Å²) in [6.07, 6.45) is 1.63. The number of nitrogens with two attached hydrogens (primary N) is 1. The maximum Gasteiger partial charge on any atom is 0.157 e. The molecule has 1 rings (SSSR count). The zero-order valence-electron chi connectivity index (χ0n) is 10.6. The quantitative estimate of drug-likeness (QED) is 0.866. The van der Waals surface area contributed by atoms with E-state index in [4.69, 9.17) is 5.73 Å². The van der Waals surface area contributed by atoms with Gasteiger partial charge >= 0.3 is 0 Å². The zero-order valence-corrected chi connectivity index (χ0v) is 11.4. The first-order valence-electron chi connectivity index (χ1n) is 5.73. The second-order valence-electron chi connectivity index (χ2n) is 4.57. The Balaban J connectivity index is 2.98. The second-order valence-corrected chi connectivity index (χ2v) is 6.93. The molecular formula is C12H20N2O2S. The molecule has 0 fully saturated rings. The standard InChI is InChI=1S/C12H20N2O2S/c1-9(2)10(3)17(15,16)8-11-5-4-6-14-12(11)7-13/h4-6,9-10H,7-8,13H2,1-3H3. The van der Waals surface area contributed by atoms with Crippen LogP contribution in [0.4, 0.5) is 0 Å². The highest BCUT2D eigenvalue weighted by molar-refractivity contribution is 7.91. The summed E-state index contributed by atoms with van der Waals surface area (Å²) in [6.45, 7) is 5.84. The van der Waals surface area contributed by atoms with Gasteiger partial charge in [0.15, 0.2) is 9.84 Å². The van der Waals surface area contributed by atoms with Crippen LogP contribution in [0, 0.1) is 5.92 Å². The largest absolute Gasteiger partial charge is 0.325 e. The average Bonchev–Trinajstić information content (AvgIpc) is 2.28. The van der Waals surface area contributed by atoms with E-state index in [-0.39, 0.29) is 23.5 Å². The van der Waals surface area contributed by atoms with Gasteiger partial charge < -0.3 is 5.73 Å². The Morgan fingerprint density at radius 2 is 2.00 bits per heavy atom. The number of rotatable bonds is 5. The van der Waals surface area contributed by atoms with Gasteiger partial charge in [-0.3, -0.25) is 4.98 Å². The summed E-state index contributed by atoms with van der Waals surface area (Å²) in [5, 5.41) is -0.353. The van der Waals surface area contributed by atoms with E-state index in [1.54, 1.807) is 25.3 Å². The van der Waals surface area contributed by atoms with E-state index in [2.05, 4.69) is 4.98 Å². The molecule has 1 aromatic rings. The fraction of sp³-hybridized carbons (Fsp3) is 0.583. The third-order valence-corrected chi connectivity index (χ3v) is 5.43. The van der Waals surface area contributed by atoms with Crippen molar-refractivity contribution in [2.75, 3.05) is 0 Å². The number of hydrogen-bond acceptors (Lipinski definition) is 4. The molecule has 1 heterocycles. The summed E-state index contributed by atoms with van der Waals surface area (Å²) >= 11 is 0. The highest BCUT2D eigenvalue weighted by Gasteiger charge is 2.25. The molecule has 0 aliphatic heterocycles.